The molecule has 0 radical (unpaired) electrons. The fourth-order valence-electron chi connectivity index (χ4n) is 2.62. The summed E-state index contributed by atoms with van der Waals surface area (Å²) in [6.45, 7) is 1.43. The number of carbonyl (C=O) groups excluding carboxylic acids is 1. The molecule has 0 aliphatic carbocycles. The van der Waals surface area contributed by atoms with Crippen LogP contribution in [0.25, 0.3) is 0 Å². The number of carboxylic acid groups (broad SMARTS) is 1. The third kappa shape index (κ3) is 6.55. The van der Waals surface area contributed by atoms with Gasteiger partial charge in [-0.25, -0.2) is 0 Å². The van der Waals surface area contributed by atoms with Crippen molar-refractivity contribution in [2.24, 2.45) is 0 Å². The van der Waals surface area contributed by atoms with Gasteiger partial charge < -0.3 is 15.2 Å². The minimum Gasteiger partial charge on any atom is -0.492 e. The van der Waals surface area contributed by atoms with Gasteiger partial charge in [-0.3, -0.25) is 14.5 Å². The molecule has 0 aromatic heterocycles. The second kappa shape index (κ2) is 10.4. The standard InChI is InChI=1S/C16H21ClN2O4.ClH/c17-12-4-3-5-13(10-12)23-9-7-18-15(20)11-19-8-2-1-6-14(19)16(21)22;/h3-5,10,14H,1-2,6-9,11H2,(H,18,20)(H,21,22);1H. The smallest absolute Gasteiger partial charge is 0.320 e. The van der Waals surface area contributed by atoms with Gasteiger partial charge in [-0.1, -0.05) is 24.1 Å². The van der Waals surface area contributed by atoms with Crippen LogP contribution in [0.15, 0.2) is 24.3 Å². The zero-order valence-electron chi connectivity index (χ0n) is 13.2. The van der Waals surface area contributed by atoms with E-state index < -0.39 is 12.0 Å². The van der Waals surface area contributed by atoms with Crippen molar-refractivity contribution in [1.29, 1.82) is 0 Å². The van der Waals surface area contributed by atoms with Gasteiger partial charge in [-0.2, -0.15) is 0 Å². The summed E-state index contributed by atoms with van der Waals surface area (Å²) in [5.41, 5.74) is 0. The average molecular weight is 377 g/mol. The monoisotopic (exact) mass is 376 g/mol. The van der Waals surface area contributed by atoms with E-state index in [0.29, 0.717) is 36.9 Å². The van der Waals surface area contributed by atoms with Crippen LogP contribution in [-0.2, 0) is 9.59 Å². The number of rotatable bonds is 7. The zero-order chi connectivity index (χ0) is 16.7. The molecule has 1 fully saturated rings. The SMILES string of the molecule is Cl.O=C(CN1CCCCC1C(=O)O)NCCOc1cccc(Cl)c1. The van der Waals surface area contributed by atoms with E-state index in [4.69, 9.17) is 16.3 Å². The summed E-state index contributed by atoms with van der Waals surface area (Å²) in [4.78, 5) is 24.8. The Labute approximate surface area is 152 Å². The maximum absolute atomic E-state index is 11.9. The molecule has 0 bridgehead atoms. The minimum atomic E-state index is -0.859. The molecule has 1 aliphatic rings. The summed E-state index contributed by atoms with van der Waals surface area (Å²) in [6.07, 6.45) is 2.41. The van der Waals surface area contributed by atoms with E-state index in [9.17, 15) is 14.7 Å². The van der Waals surface area contributed by atoms with E-state index in [1.165, 1.54) is 0 Å². The molecule has 0 spiro atoms. The van der Waals surface area contributed by atoms with E-state index in [1.807, 2.05) is 0 Å². The number of benzene rings is 1. The third-order valence-electron chi connectivity index (χ3n) is 3.73. The molecule has 2 rings (SSSR count). The summed E-state index contributed by atoms with van der Waals surface area (Å²) in [5, 5.41) is 12.5. The molecule has 1 atom stereocenters. The van der Waals surface area contributed by atoms with Crippen molar-refractivity contribution in [3.63, 3.8) is 0 Å². The molecule has 24 heavy (non-hydrogen) atoms. The lowest BCUT2D eigenvalue weighted by Crippen LogP contribution is -2.49. The highest BCUT2D eigenvalue weighted by Gasteiger charge is 2.29. The number of likely N-dealkylation sites (tertiary alicyclic amines) is 1. The van der Waals surface area contributed by atoms with Crippen molar-refractivity contribution in [2.75, 3.05) is 26.2 Å². The number of aliphatic carboxylic acids is 1. The summed E-state index contributed by atoms with van der Waals surface area (Å²) in [6, 6.07) is 6.48. The first kappa shape index (κ1) is 20.5. The number of ether oxygens (including phenoxy) is 1. The summed E-state index contributed by atoms with van der Waals surface area (Å²) >= 11 is 5.85. The Morgan fingerprint density at radius 1 is 1.38 bits per heavy atom. The second-order valence-electron chi connectivity index (χ2n) is 5.48. The van der Waals surface area contributed by atoms with Gasteiger partial charge in [-0.05, 0) is 37.6 Å². The molecule has 134 valence electrons. The number of hydrogen-bond acceptors (Lipinski definition) is 4. The molecule has 1 amide bonds. The Hall–Kier alpha value is -1.50. The second-order valence-corrected chi connectivity index (χ2v) is 5.91. The highest BCUT2D eigenvalue weighted by atomic mass is 35.5. The van der Waals surface area contributed by atoms with Crippen LogP contribution in [0.5, 0.6) is 5.75 Å². The number of piperidine rings is 1. The number of carbonyl (C=O) groups is 2. The highest BCUT2D eigenvalue weighted by molar-refractivity contribution is 6.30. The van der Waals surface area contributed by atoms with Gasteiger partial charge >= 0.3 is 5.97 Å². The molecule has 8 heteroatoms. The quantitative estimate of drug-likeness (QED) is 0.713. The lowest BCUT2D eigenvalue weighted by molar-refractivity contribution is -0.145. The Balaban J connectivity index is 0.00000288. The molecular weight excluding hydrogens is 355 g/mol. The van der Waals surface area contributed by atoms with Gasteiger partial charge in [0.1, 0.15) is 18.4 Å². The van der Waals surface area contributed by atoms with Crippen LogP contribution in [-0.4, -0.2) is 54.2 Å². The number of amides is 1. The van der Waals surface area contributed by atoms with Crippen molar-refractivity contribution in [3.8, 4) is 5.75 Å². The molecule has 6 nitrogen and oxygen atoms in total. The van der Waals surface area contributed by atoms with Gasteiger partial charge in [0.05, 0.1) is 13.1 Å². The zero-order valence-corrected chi connectivity index (χ0v) is 14.8. The van der Waals surface area contributed by atoms with E-state index in [1.54, 1.807) is 29.2 Å². The first-order valence-electron chi connectivity index (χ1n) is 7.68. The predicted octanol–water partition coefficient (Wildman–Crippen LogP) is 2.20. The number of nitrogens with zero attached hydrogens (tertiary/aromatic N) is 1. The number of halogens is 2. The van der Waals surface area contributed by atoms with Crippen LogP contribution in [0, 0.1) is 0 Å². The van der Waals surface area contributed by atoms with Gasteiger partial charge in [0, 0.05) is 5.02 Å². The topological polar surface area (TPSA) is 78.9 Å². The van der Waals surface area contributed by atoms with E-state index in [-0.39, 0.29) is 24.9 Å². The van der Waals surface area contributed by atoms with Crippen LogP contribution in [0.2, 0.25) is 5.02 Å². The number of hydrogen-bond donors (Lipinski definition) is 2. The Morgan fingerprint density at radius 3 is 2.88 bits per heavy atom. The average Bonchev–Trinajstić information content (AvgIpc) is 2.52. The minimum absolute atomic E-state index is 0. The van der Waals surface area contributed by atoms with E-state index in [2.05, 4.69) is 5.32 Å². The van der Waals surface area contributed by atoms with Crippen molar-refractivity contribution in [2.45, 2.75) is 25.3 Å². The summed E-state index contributed by atoms with van der Waals surface area (Å²) in [5.74, 6) is -0.400. The third-order valence-corrected chi connectivity index (χ3v) is 3.97. The Morgan fingerprint density at radius 2 is 2.17 bits per heavy atom. The van der Waals surface area contributed by atoms with E-state index >= 15 is 0 Å². The van der Waals surface area contributed by atoms with Gasteiger partial charge in [0.2, 0.25) is 5.91 Å². The van der Waals surface area contributed by atoms with Crippen LogP contribution in [0.3, 0.4) is 0 Å². The van der Waals surface area contributed by atoms with Crippen molar-refractivity contribution in [3.05, 3.63) is 29.3 Å². The Bertz CT molecular complexity index is 557. The van der Waals surface area contributed by atoms with Crippen molar-refractivity contribution < 1.29 is 19.4 Å². The summed E-state index contributed by atoms with van der Waals surface area (Å²) < 4.78 is 5.48. The molecule has 2 N–H and O–H groups in total. The van der Waals surface area contributed by atoms with Crippen LogP contribution < -0.4 is 10.1 Å². The summed E-state index contributed by atoms with van der Waals surface area (Å²) in [7, 11) is 0. The molecule has 1 aromatic rings. The maximum atomic E-state index is 11.9. The fraction of sp³-hybridized carbons (Fsp3) is 0.500. The lowest BCUT2D eigenvalue weighted by Gasteiger charge is -2.32. The number of nitrogens with one attached hydrogen (secondary N) is 1. The molecule has 1 aromatic carbocycles. The molecular formula is C16H22Cl2N2O4. The largest absolute Gasteiger partial charge is 0.492 e. The normalized spacial score (nSPS) is 17.6. The molecule has 0 saturated carbocycles. The maximum Gasteiger partial charge on any atom is 0.320 e. The molecule has 1 saturated heterocycles. The van der Waals surface area contributed by atoms with Gasteiger partial charge in [-0.15, -0.1) is 12.4 Å². The van der Waals surface area contributed by atoms with Crippen LogP contribution in [0.4, 0.5) is 0 Å². The molecule has 1 heterocycles. The van der Waals surface area contributed by atoms with Gasteiger partial charge in [0.15, 0.2) is 0 Å². The predicted molar refractivity (Wildman–Crippen MR) is 94.1 cm³/mol. The van der Waals surface area contributed by atoms with Crippen molar-refractivity contribution in [1.82, 2.24) is 10.2 Å². The van der Waals surface area contributed by atoms with Crippen molar-refractivity contribution >= 4 is 35.9 Å². The molecule has 1 aliphatic heterocycles. The van der Waals surface area contributed by atoms with Crippen LogP contribution in [0.1, 0.15) is 19.3 Å². The fourth-order valence-corrected chi connectivity index (χ4v) is 2.80. The first-order chi connectivity index (χ1) is 11.1. The van der Waals surface area contributed by atoms with Gasteiger partial charge in [0.25, 0.3) is 0 Å². The Kier molecular flexibility index (Phi) is 8.89. The lowest BCUT2D eigenvalue weighted by atomic mass is 10.0. The molecule has 1 unspecified atom stereocenters. The van der Waals surface area contributed by atoms with Crippen LogP contribution >= 0.6 is 24.0 Å². The van der Waals surface area contributed by atoms with E-state index in [0.717, 1.165) is 12.8 Å². The number of carboxylic acids is 1. The first-order valence-corrected chi connectivity index (χ1v) is 8.06. The highest BCUT2D eigenvalue weighted by Crippen LogP contribution is 2.17.